The van der Waals surface area contributed by atoms with Crippen molar-refractivity contribution < 1.29 is 9.21 Å². The largest absolute Gasteiger partial charge is 0.455 e. The quantitative estimate of drug-likeness (QED) is 0.619. The van der Waals surface area contributed by atoms with Gasteiger partial charge in [0.15, 0.2) is 10.9 Å². The number of aromatic nitrogens is 2. The smallest absolute Gasteiger partial charge is 0.287 e. The van der Waals surface area contributed by atoms with Crippen molar-refractivity contribution in [2.75, 3.05) is 27.2 Å². The van der Waals surface area contributed by atoms with Gasteiger partial charge < -0.3 is 14.6 Å². The third-order valence-corrected chi connectivity index (χ3v) is 3.51. The maximum atomic E-state index is 11.9. The fourth-order valence-electron chi connectivity index (χ4n) is 1.55. The summed E-state index contributed by atoms with van der Waals surface area (Å²) in [5, 5.41) is 3.50. The number of carbonyl (C=O) groups excluding carboxylic acids is 1. The molecule has 0 saturated heterocycles. The van der Waals surface area contributed by atoms with Gasteiger partial charge in [-0.3, -0.25) is 4.79 Å². The highest BCUT2D eigenvalue weighted by atomic mass is 32.2. The minimum absolute atomic E-state index is 0.191. The van der Waals surface area contributed by atoms with E-state index in [-0.39, 0.29) is 5.91 Å². The normalized spacial score (nSPS) is 10.8. The molecule has 0 atom stereocenters. The molecule has 2 rings (SSSR count). The lowest BCUT2D eigenvalue weighted by atomic mass is 10.4. The summed E-state index contributed by atoms with van der Waals surface area (Å²) in [5.41, 5.74) is 0. The second-order valence-corrected chi connectivity index (χ2v) is 5.59. The van der Waals surface area contributed by atoms with Gasteiger partial charge in [-0.15, -0.1) is 0 Å². The molecule has 0 fully saturated rings. The molecule has 0 saturated carbocycles. The number of amides is 1. The van der Waals surface area contributed by atoms with E-state index in [0.29, 0.717) is 23.2 Å². The van der Waals surface area contributed by atoms with Gasteiger partial charge in [-0.2, -0.15) is 0 Å². The summed E-state index contributed by atoms with van der Waals surface area (Å²) in [4.78, 5) is 22.1. The molecule has 0 aliphatic heterocycles. The van der Waals surface area contributed by atoms with Crippen LogP contribution in [-0.4, -0.2) is 48.0 Å². The zero-order valence-corrected chi connectivity index (χ0v) is 12.9. The van der Waals surface area contributed by atoms with Crippen LogP contribution in [-0.2, 0) is 5.75 Å². The molecule has 1 N–H and O–H groups in total. The summed E-state index contributed by atoms with van der Waals surface area (Å²) in [6, 6.07) is 5.26. The van der Waals surface area contributed by atoms with Gasteiger partial charge in [0.2, 0.25) is 0 Å². The molecule has 0 spiro atoms. The van der Waals surface area contributed by atoms with Crippen LogP contribution in [0, 0.1) is 0 Å². The summed E-state index contributed by atoms with van der Waals surface area (Å²) in [6.45, 7) is 1.38. The van der Waals surface area contributed by atoms with E-state index in [9.17, 15) is 4.79 Å². The van der Waals surface area contributed by atoms with E-state index < -0.39 is 0 Å². The Labute approximate surface area is 128 Å². The van der Waals surface area contributed by atoms with E-state index in [2.05, 4.69) is 15.3 Å². The first-order valence-corrected chi connectivity index (χ1v) is 7.55. The summed E-state index contributed by atoms with van der Waals surface area (Å²) in [6.07, 6.45) is 3.39. The minimum atomic E-state index is -0.191. The van der Waals surface area contributed by atoms with Crippen molar-refractivity contribution >= 4 is 17.7 Å². The standard InChI is InChI=1S/C14H18N4O2S/c1-18(2)9-8-15-13(19)12-5-4-11(20-12)10-21-14-16-6-3-7-17-14/h3-7H,8-10H2,1-2H3,(H,15,19). The lowest BCUT2D eigenvalue weighted by molar-refractivity contribution is 0.0922. The second kappa shape index (κ2) is 7.80. The predicted octanol–water partition coefficient (Wildman–Crippen LogP) is 1.65. The van der Waals surface area contributed by atoms with Crippen LogP contribution in [0.4, 0.5) is 0 Å². The molecular weight excluding hydrogens is 288 g/mol. The van der Waals surface area contributed by atoms with Crippen molar-refractivity contribution in [3.63, 3.8) is 0 Å². The Balaban J connectivity index is 1.82. The van der Waals surface area contributed by atoms with Crippen molar-refractivity contribution in [3.8, 4) is 0 Å². The topological polar surface area (TPSA) is 71.3 Å². The molecule has 7 heteroatoms. The molecule has 0 unspecified atom stereocenters. The molecule has 0 aromatic carbocycles. The Kier molecular flexibility index (Phi) is 5.77. The molecule has 0 aliphatic carbocycles. The van der Waals surface area contributed by atoms with Crippen molar-refractivity contribution in [2.45, 2.75) is 10.9 Å². The molecule has 2 aromatic heterocycles. The highest BCUT2D eigenvalue weighted by Gasteiger charge is 2.11. The number of hydrogen-bond acceptors (Lipinski definition) is 6. The van der Waals surface area contributed by atoms with Crippen LogP contribution in [0.2, 0.25) is 0 Å². The van der Waals surface area contributed by atoms with Gasteiger partial charge in [-0.1, -0.05) is 11.8 Å². The third-order valence-electron chi connectivity index (χ3n) is 2.62. The lowest BCUT2D eigenvalue weighted by Crippen LogP contribution is -2.31. The molecule has 0 aliphatic rings. The van der Waals surface area contributed by atoms with Gasteiger partial charge in [0.05, 0.1) is 5.75 Å². The fourth-order valence-corrected chi connectivity index (χ4v) is 2.25. The number of likely N-dealkylation sites (N-methyl/N-ethyl adjacent to an activating group) is 1. The van der Waals surface area contributed by atoms with Gasteiger partial charge in [0.1, 0.15) is 5.76 Å². The monoisotopic (exact) mass is 306 g/mol. The summed E-state index contributed by atoms with van der Waals surface area (Å²) >= 11 is 1.47. The average Bonchev–Trinajstić information content (AvgIpc) is 2.95. The summed E-state index contributed by atoms with van der Waals surface area (Å²) < 4.78 is 5.52. The molecule has 2 aromatic rings. The van der Waals surface area contributed by atoms with Gasteiger partial charge in [0.25, 0.3) is 5.91 Å². The second-order valence-electron chi connectivity index (χ2n) is 4.65. The van der Waals surface area contributed by atoms with Crippen LogP contribution in [0.3, 0.4) is 0 Å². The molecule has 2 heterocycles. The first-order valence-electron chi connectivity index (χ1n) is 6.56. The molecule has 112 valence electrons. The maximum Gasteiger partial charge on any atom is 0.287 e. The van der Waals surface area contributed by atoms with Crippen LogP contribution in [0.25, 0.3) is 0 Å². The number of rotatable bonds is 7. The zero-order valence-electron chi connectivity index (χ0n) is 12.1. The summed E-state index contributed by atoms with van der Waals surface area (Å²) in [7, 11) is 3.92. The van der Waals surface area contributed by atoms with Crippen molar-refractivity contribution in [3.05, 3.63) is 42.1 Å². The Hall–Kier alpha value is -1.86. The number of hydrogen-bond donors (Lipinski definition) is 1. The van der Waals surface area contributed by atoms with E-state index in [4.69, 9.17) is 4.42 Å². The SMILES string of the molecule is CN(C)CCNC(=O)c1ccc(CSc2ncccn2)o1. The Morgan fingerprint density at radius 2 is 2.10 bits per heavy atom. The van der Waals surface area contributed by atoms with Gasteiger partial charge >= 0.3 is 0 Å². The van der Waals surface area contributed by atoms with Crippen molar-refractivity contribution in [1.29, 1.82) is 0 Å². The Morgan fingerprint density at radius 1 is 1.33 bits per heavy atom. The first kappa shape index (κ1) is 15.5. The Morgan fingerprint density at radius 3 is 2.81 bits per heavy atom. The number of nitrogens with zero attached hydrogens (tertiary/aromatic N) is 3. The lowest BCUT2D eigenvalue weighted by Gasteiger charge is -2.09. The van der Waals surface area contributed by atoms with E-state index in [0.717, 1.165) is 12.3 Å². The zero-order chi connectivity index (χ0) is 15.1. The van der Waals surface area contributed by atoms with E-state index in [1.165, 1.54) is 11.8 Å². The molecule has 6 nitrogen and oxygen atoms in total. The van der Waals surface area contributed by atoms with Crippen molar-refractivity contribution in [1.82, 2.24) is 20.2 Å². The molecule has 0 radical (unpaired) electrons. The molecule has 21 heavy (non-hydrogen) atoms. The van der Waals surface area contributed by atoms with Crippen LogP contribution in [0.1, 0.15) is 16.3 Å². The van der Waals surface area contributed by atoms with Gasteiger partial charge in [-0.25, -0.2) is 9.97 Å². The number of carbonyl (C=O) groups is 1. The van der Waals surface area contributed by atoms with Crippen LogP contribution < -0.4 is 5.32 Å². The molecule has 0 bridgehead atoms. The van der Waals surface area contributed by atoms with Gasteiger partial charge in [0, 0.05) is 25.5 Å². The molecular formula is C14H18N4O2S. The number of thioether (sulfide) groups is 1. The number of furan rings is 1. The predicted molar refractivity (Wildman–Crippen MR) is 81.2 cm³/mol. The first-order chi connectivity index (χ1) is 10.1. The number of nitrogens with one attached hydrogen (secondary N) is 1. The van der Waals surface area contributed by atoms with Gasteiger partial charge in [-0.05, 0) is 32.3 Å². The molecule has 1 amide bonds. The summed E-state index contributed by atoms with van der Waals surface area (Å²) in [5.74, 6) is 1.46. The highest BCUT2D eigenvalue weighted by molar-refractivity contribution is 7.98. The fraction of sp³-hybridized carbons (Fsp3) is 0.357. The van der Waals surface area contributed by atoms with E-state index in [1.54, 1.807) is 30.6 Å². The van der Waals surface area contributed by atoms with Crippen LogP contribution in [0.5, 0.6) is 0 Å². The average molecular weight is 306 g/mol. The van der Waals surface area contributed by atoms with E-state index >= 15 is 0 Å². The highest BCUT2D eigenvalue weighted by Crippen LogP contribution is 2.20. The minimum Gasteiger partial charge on any atom is -0.455 e. The third kappa shape index (κ3) is 5.20. The Bertz CT molecular complexity index is 571. The van der Waals surface area contributed by atoms with Crippen molar-refractivity contribution in [2.24, 2.45) is 0 Å². The van der Waals surface area contributed by atoms with Crippen LogP contribution in [0.15, 0.2) is 40.2 Å². The van der Waals surface area contributed by atoms with E-state index in [1.807, 2.05) is 19.0 Å². The maximum absolute atomic E-state index is 11.9. The van der Waals surface area contributed by atoms with Crippen LogP contribution >= 0.6 is 11.8 Å².